The number of aliphatic hydroxyl groups is 6. The molecule has 0 aliphatic carbocycles. The maximum absolute atomic E-state index is 13.4. The molecule has 2 aliphatic heterocycles. The standard InChI is InChI=1S/C37H38O18/c1-50-22-10-16(5-8-18(22)40)21-11-19(41)27-23(52-21)12-20(42)28(31(27)46)35-36(33(48)29(44)24(13-38)53-35)55-37-34(49)32(47)30(45)25(54-37)14-51-26(43)9-4-15-2-6-17(39)7-3-15/h2-12,24-25,29-30,32-40,42,44-49H,13-14H2,1H3/b9-4+/t24?,25?,29-,30-,32?,33+,34?,35+,36?,37+/m1/s1. The molecule has 2 aliphatic rings. The number of ether oxygens (including phenoxy) is 5. The molecule has 6 rings (SSSR count). The van der Waals surface area contributed by atoms with E-state index in [-0.39, 0.29) is 28.6 Å². The summed E-state index contributed by atoms with van der Waals surface area (Å²) in [6.07, 6.45) is -16.0. The molecular formula is C37H38O18. The molecule has 2 fully saturated rings. The number of phenolic OH excluding ortho intramolecular Hbond substituents is 4. The monoisotopic (exact) mass is 770 g/mol. The Balaban J connectivity index is 1.28. The second-order valence-electron chi connectivity index (χ2n) is 12.8. The third kappa shape index (κ3) is 7.94. The summed E-state index contributed by atoms with van der Waals surface area (Å²) in [5.74, 6) is -2.68. The van der Waals surface area contributed by atoms with Gasteiger partial charge in [-0.05, 0) is 42.0 Å². The minimum atomic E-state index is -2.03. The molecule has 294 valence electrons. The highest BCUT2D eigenvalue weighted by Crippen LogP contribution is 2.46. The summed E-state index contributed by atoms with van der Waals surface area (Å²) in [5, 5.41) is 106. The first kappa shape index (κ1) is 39.4. The summed E-state index contributed by atoms with van der Waals surface area (Å²) < 4.78 is 33.3. The molecule has 3 aromatic carbocycles. The summed E-state index contributed by atoms with van der Waals surface area (Å²) in [6, 6.07) is 12.0. The number of methoxy groups -OCH3 is 1. The number of esters is 1. The van der Waals surface area contributed by atoms with E-state index < -0.39 is 108 Å². The molecule has 0 bridgehead atoms. The van der Waals surface area contributed by atoms with E-state index in [1.165, 1.54) is 55.7 Å². The predicted molar refractivity (Wildman–Crippen MR) is 186 cm³/mol. The smallest absolute Gasteiger partial charge is 0.330 e. The molecule has 4 aromatic rings. The van der Waals surface area contributed by atoms with Gasteiger partial charge in [0.2, 0.25) is 0 Å². The number of phenols is 4. The van der Waals surface area contributed by atoms with Gasteiger partial charge in [0.15, 0.2) is 23.2 Å². The van der Waals surface area contributed by atoms with Crippen molar-refractivity contribution >= 4 is 23.0 Å². The highest BCUT2D eigenvalue weighted by molar-refractivity contribution is 5.88. The zero-order valence-corrected chi connectivity index (χ0v) is 28.8. The van der Waals surface area contributed by atoms with Gasteiger partial charge in [-0.15, -0.1) is 0 Å². The Morgan fingerprint density at radius 2 is 1.53 bits per heavy atom. The molecule has 55 heavy (non-hydrogen) atoms. The summed E-state index contributed by atoms with van der Waals surface area (Å²) >= 11 is 0. The number of fused-ring (bicyclic) bond motifs is 1. The zero-order valence-electron chi connectivity index (χ0n) is 28.8. The average molecular weight is 771 g/mol. The molecule has 5 unspecified atom stereocenters. The zero-order chi connectivity index (χ0) is 39.7. The molecule has 3 heterocycles. The number of benzene rings is 3. The SMILES string of the molecule is COc1cc(-c2cc(=O)c3c(O)c([C@@H]4OC(CO)[C@@H](O)[C@H](O)C4O[C@@H]4OC(COC(=O)/C=C/c5ccc(O)cc5)[C@@H](O)C(O)C4O)c(O)cc3o2)ccc1O. The Kier molecular flexibility index (Phi) is 11.6. The van der Waals surface area contributed by atoms with Crippen LogP contribution in [0.2, 0.25) is 0 Å². The van der Waals surface area contributed by atoms with Crippen LogP contribution in [0.25, 0.3) is 28.4 Å². The molecule has 10 atom stereocenters. The van der Waals surface area contributed by atoms with Gasteiger partial charge < -0.3 is 79.2 Å². The minimum absolute atomic E-state index is 0.0173. The highest BCUT2D eigenvalue weighted by atomic mass is 16.7. The van der Waals surface area contributed by atoms with Crippen molar-refractivity contribution < 1.29 is 84.0 Å². The molecular weight excluding hydrogens is 732 g/mol. The van der Waals surface area contributed by atoms with E-state index in [1.54, 1.807) is 0 Å². The Morgan fingerprint density at radius 1 is 0.818 bits per heavy atom. The lowest BCUT2D eigenvalue weighted by molar-refractivity contribution is -0.342. The molecule has 10 N–H and O–H groups in total. The van der Waals surface area contributed by atoms with E-state index in [2.05, 4.69) is 0 Å². The van der Waals surface area contributed by atoms with E-state index in [0.29, 0.717) is 11.1 Å². The van der Waals surface area contributed by atoms with Gasteiger partial charge in [-0.1, -0.05) is 12.1 Å². The average Bonchev–Trinajstić information content (AvgIpc) is 3.16. The summed E-state index contributed by atoms with van der Waals surface area (Å²) in [7, 11) is 1.32. The quantitative estimate of drug-likeness (QED) is 0.0743. The first-order valence-corrected chi connectivity index (χ1v) is 16.7. The number of aliphatic hydroxyl groups excluding tert-OH is 6. The first-order chi connectivity index (χ1) is 26.2. The Labute approximate surface area is 310 Å². The Bertz CT molecular complexity index is 2100. The lowest BCUT2D eigenvalue weighted by atomic mass is 9.89. The minimum Gasteiger partial charge on any atom is -0.508 e. The predicted octanol–water partition coefficient (Wildman–Crippen LogP) is -0.106. The number of hydrogen-bond acceptors (Lipinski definition) is 18. The third-order valence-corrected chi connectivity index (χ3v) is 9.28. The lowest BCUT2D eigenvalue weighted by Gasteiger charge is -2.46. The van der Waals surface area contributed by atoms with Crippen molar-refractivity contribution in [3.8, 4) is 40.1 Å². The van der Waals surface area contributed by atoms with Crippen molar-refractivity contribution in [1.29, 1.82) is 0 Å². The lowest BCUT2D eigenvalue weighted by Crippen LogP contribution is -2.63. The first-order valence-electron chi connectivity index (χ1n) is 16.7. The van der Waals surface area contributed by atoms with Crippen molar-refractivity contribution in [2.24, 2.45) is 0 Å². The second kappa shape index (κ2) is 16.2. The Morgan fingerprint density at radius 3 is 2.22 bits per heavy atom. The van der Waals surface area contributed by atoms with Crippen molar-refractivity contribution in [2.45, 2.75) is 61.2 Å². The normalized spacial score (nSPS) is 28.3. The largest absolute Gasteiger partial charge is 0.508 e. The molecule has 0 amide bonds. The number of rotatable bonds is 10. The van der Waals surface area contributed by atoms with Crippen LogP contribution < -0.4 is 10.2 Å². The maximum atomic E-state index is 13.4. The number of hydrogen-bond donors (Lipinski definition) is 10. The number of aromatic hydroxyl groups is 4. The summed E-state index contributed by atoms with van der Waals surface area (Å²) in [4.78, 5) is 25.8. The van der Waals surface area contributed by atoms with Gasteiger partial charge in [-0.2, -0.15) is 0 Å². The van der Waals surface area contributed by atoms with Crippen LogP contribution in [0.4, 0.5) is 0 Å². The van der Waals surface area contributed by atoms with Gasteiger partial charge in [-0.3, -0.25) is 4.79 Å². The topological polar surface area (TPSA) is 296 Å². The molecule has 0 spiro atoms. The van der Waals surface area contributed by atoms with Crippen molar-refractivity contribution in [3.63, 3.8) is 0 Å². The van der Waals surface area contributed by atoms with Crippen LogP contribution >= 0.6 is 0 Å². The Hall–Kier alpha value is -5.28. The van der Waals surface area contributed by atoms with Crippen LogP contribution in [0, 0.1) is 0 Å². The van der Waals surface area contributed by atoms with Crippen molar-refractivity contribution in [2.75, 3.05) is 20.3 Å². The van der Waals surface area contributed by atoms with Gasteiger partial charge in [0.1, 0.15) is 95.5 Å². The van der Waals surface area contributed by atoms with Crippen molar-refractivity contribution in [1.82, 2.24) is 0 Å². The van der Waals surface area contributed by atoms with Crippen LogP contribution in [0.15, 0.2) is 69.9 Å². The molecule has 2 saturated heterocycles. The van der Waals surface area contributed by atoms with Gasteiger partial charge in [0, 0.05) is 23.8 Å². The van der Waals surface area contributed by atoms with Crippen LogP contribution in [-0.4, -0.2) is 132 Å². The third-order valence-electron chi connectivity index (χ3n) is 9.28. The van der Waals surface area contributed by atoms with Gasteiger partial charge in [0.05, 0.1) is 19.3 Å². The molecule has 18 nitrogen and oxygen atoms in total. The molecule has 18 heteroatoms. The number of carbonyl (C=O) groups excluding carboxylic acids is 1. The fourth-order valence-corrected chi connectivity index (χ4v) is 6.32. The van der Waals surface area contributed by atoms with Crippen LogP contribution in [0.3, 0.4) is 0 Å². The highest BCUT2D eigenvalue weighted by Gasteiger charge is 2.52. The van der Waals surface area contributed by atoms with Gasteiger partial charge in [0.25, 0.3) is 0 Å². The summed E-state index contributed by atoms with van der Waals surface area (Å²) in [5.41, 5.74) is -0.841. The van der Waals surface area contributed by atoms with E-state index >= 15 is 0 Å². The van der Waals surface area contributed by atoms with Gasteiger partial charge >= 0.3 is 5.97 Å². The van der Waals surface area contributed by atoms with E-state index in [1.807, 2.05) is 0 Å². The fourth-order valence-electron chi connectivity index (χ4n) is 6.32. The molecule has 0 radical (unpaired) electrons. The number of carbonyl (C=O) groups is 1. The maximum Gasteiger partial charge on any atom is 0.330 e. The van der Waals surface area contributed by atoms with Crippen LogP contribution in [-0.2, 0) is 23.7 Å². The van der Waals surface area contributed by atoms with Gasteiger partial charge in [-0.25, -0.2) is 4.79 Å². The van der Waals surface area contributed by atoms with Crippen LogP contribution in [0.1, 0.15) is 17.2 Å². The summed E-state index contributed by atoms with van der Waals surface area (Å²) in [6.45, 7) is -1.55. The molecule has 0 saturated carbocycles. The van der Waals surface area contributed by atoms with E-state index in [4.69, 9.17) is 28.1 Å². The van der Waals surface area contributed by atoms with Crippen molar-refractivity contribution in [3.05, 3.63) is 82.0 Å². The van der Waals surface area contributed by atoms with E-state index in [0.717, 1.165) is 18.2 Å². The van der Waals surface area contributed by atoms with Crippen LogP contribution in [0.5, 0.6) is 28.7 Å². The fraction of sp³-hybridized carbons (Fsp3) is 0.351. The molecule has 1 aromatic heterocycles. The van der Waals surface area contributed by atoms with E-state index in [9.17, 15) is 60.7 Å². The second-order valence-corrected chi connectivity index (χ2v) is 12.8.